The highest BCUT2D eigenvalue weighted by molar-refractivity contribution is 7.91. The second-order valence-corrected chi connectivity index (χ2v) is 9.19. The molecule has 1 saturated heterocycles. The Morgan fingerprint density at radius 3 is 2.50 bits per heavy atom. The van der Waals surface area contributed by atoms with Crippen molar-refractivity contribution >= 4 is 21.6 Å². The molecule has 3 rings (SSSR count). The highest BCUT2D eigenvalue weighted by Crippen LogP contribution is 2.21. The van der Waals surface area contributed by atoms with Crippen LogP contribution in [-0.4, -0.2) is 44.8 Å². The van der Waals surface area contributed by atoms with Gasteiger partial charge in [-0.1, -0.05) is 31.2 Å². The van der Waals surface area contributed by atoms with Crippen molar-refractivity contribution in [2.45, 2.75) is 24.7 Å². The van der Waals surface area contributed by atoms with Gasteiger partial charge in [-0.2, -0.15) is 0 Å². The van der Waals surface area contributed by atoms with Gasteiger partial charge in [0.05, 0.1) is 17.3 Å². The van der Waals surface area contributed by atoms with Gasteiger partial charge in [-0.25, -0.2) is 13.2 Å². The molecule has 1 N–H and O–H groups in total. The fourth-order valence-electron chi connectivity index (χ4n) is 3.17. The van der Waals surface area contributed by atoms with E-state index in [-0.39, 0.29) is 16.7 Å². The van der Waals surface area contributed by atoms with Gasteiger partial charge < -0.3 is 15.0 Å². The summed E-state index contributed by atoms with van der Waals surface area (Å²) in [7, 11) is -3.30. The summed E-state index contributed by atoms with van der Waals surface area (Å²) in [6.45, 7) is 3.56. The van der Waals surface area contributed by atoms with Gasteiger partial charge in [0.15, 0.2) is 9.84 Å². The number of nitrogens with one attached hydrogen (secondary N) is 1. The topological polar surface area (TPSA) is 75.7 Å². The molecule has 1 aliphatic rings. The number of hydrogen-bond donors (Lipinski definition) is 1. The van der Waals surface area contributed by atoms with Crippen LogP contribution in [0.15, 0.2) is 59.5 Å². The third kappa shape index (κ3) is 5.25. The number of piperidine rings is 1. The summed E-state index contributed by atoms with van der Waals surface area (Å²) in [4.78, 5) is 14.5. The summed E-state index contributed by atoms with van der Waals surface area (Å²) in [6.07, 6.45) is 1.76. The number of benzene rings is 2. The predicted molar refractivity (Wildman–Crippen MR) is 109 cm³/mol. The molecule has 0 unspecified atom stereocenters. The number of carbonyl (C=O) groups is 1. The first-order valence-electron chi connectivity index (χ1n) is 9.54. The number of rotatable bonds is 6. The van der Waals surface area contributed by atoms with Crippen LogP contribution in [0.5, 0.6) is 5.75 Å². The molecule has 0 aliphatic carbocycles. The zero-order chi connectivity index (χ0) is 20.0. The van der Waals surface area contributed by atoms with Gasteiger partial charge in [0, 0.05) is 18.8 Å². The van der Waals surface area contributed by atoms with Gasteiger partial charge in [0.25, 0.3) is 0 Å². The average molecular weight is 403 g/mol. The summed E-state index contributed by atoms with van der Waals surface area (Å²) in [5, 5.41) is 2.81. The Hall–Kier alpha value is -2.54. The molecule has 2 amide bonds. The number of amides is 2. The number of carbonyl (C=O) groups excluding carboxylic acids is 1. The minimum Gasteiger partial charge on any atom is -0.493 e. The van der Waals surface area contributed by atoms with Crippen LogP contribution in [0, 0.1) is 5.92 Å². The maximum atomic E-state index is 12.5. The fourth-order valence-corrected chi connectivity index (χ4v) is 4.10. The lowest BCUT2D eigenvalue weighted by Gasteiger charge is -2.32. The minimum atomic E-state index is -3.30. The molecule has 0 atom stereocenters. The minimum absolute atomic E-state index is 0.0307. The van der Waals surface area contributed by atoms with Crippen LogP contribution in [0.25, 0.3) is 0 Å². The number of anilines is 1. The van der Waals surface area contributed by atoms with Crippen molar-refractivity contribution in [3.8, 4) is 5.75 Å². The van der Waals surface area contributed by atoms with E-state index < -0.39 is 9.84 Å². The number of sulfone groups is 1. The zero-order valence-electron chi connectivity index (χ0n) is 16.0. The van der Waals surface area contributed by atoms with Crippen molar-refractivity contribution in [2.24, 2.45) is 5.92 Å². The Morgan fingerprint density at radius 2 is 1.82 bits per heavy atom. The van der Waals surface area contributed by atoms with Crippen LogP contribution in [0.1, 0.15) is 19.8 Å². The lowest BCUT2D eigenvalue weighted by molar-refractivity contribution is 0.152. The molecule has 28 heavy (non-hydrogen) atoms. The standard InChI is InChI=1S/C21H26N2O4S/c1-2-28(25,26)20-10-6-7-18(15-20)22-21(24)23-13-11-17(12-14-23)16-27-19-8-4-3-5-9-19/h3-10,15,17H,2,11-14,16H2,1H3,(H,22,24). The molecular weight excluding hydrogens is 376 g/mol. The van der Waals surface area contributed by atoms with E-state index in [1.165, 1.54) is 6.07 Å². The number of hydrogen-bond acceptors (Lipinski definition) is 4. The third-order valence-electron chi connectivity index (χ3n) is 4.96. The number of urea groups is 1. The molecule has 0 saturated carbocycles. The molecule has 1 heterocycles. The molecule has 7 heteroatoms. The Morgan fingerprint density at radius 1 is 1.11 bits per heavy atom. The molecule has 0 radical (unpaired) electrons. The van der Waals surface area contributed by atoms with Gasteiger partial charge in [0.1, 0.15) is 5.75 Å². The Kier molecular flexibility index (Phi) is 6.57. The quantitative estimate of drug-likeness (QED) is 0.797. The zero-order valence-corrected chi connectivity index (χ0v) is 16.8. The van der Waals surface area contributed by atoms with Crippen molar-refractivity contribution in [1.82, 2.24) is 4.90 Å². The summed E-state index contributed by atoms with van der Waals surface area (Å²) in [5.74, 6) is 1.31. The SMILES string of the molecule is CCS(=O)(=O)c1cccc(NC(=O)N2CCC(COc3ccccc3)CC2)c1. The normalized spacial score (nSPS) is 15.2. The van der Waals surface area contributed by atoms with Crippen molar-refractivity contribution < 1.29 is 17.9 Å². The van der Waals surface area contributed by atoms with Crippen LogP contribution in [-0.2, 0) is 9.84 Å². The summed E-state index contributed by atoms with van der Waals surface area (Å²) in [5.41, 5.74) is 0.494. The second-order valence-electron chi connectivity index (χ2n) is 6.92. The highest BCUT2D eigenvalue weighted by Gasteiger charge is 2.23. The Labute approximate surface area is 166 Å². The van der Waals surface area contributed by atoms with Gasteiger partial charge >= 0.3 is 6.03 Å². The predicted octanol–water partition coefficient (Wildman–Crippen LogP) is 3.80. The summed E-state index contributed by atoms with van der Waals surface area (Å²) < 4.78 is 29.8. The average Bonchev–Trinajstić information content (AvgIpc) is 2.73. The molecule has 1 aliphatic heterocycles. The van der Waals surface area contributed by atoms with Gasteiger partial charge in [-0.05, 0) is 49.1 Å². The van der Waals surface area contributed by atoms with E-state index in [0.29, 0.717) is 31.3 Å². The first kappa shape index (κ1) is 20.2. The van der Waals surface area contributed by atoms with E-state index in [9.17, 15) is 13.2 Å². The van der Waals surface area contributed by atoms with Crippen molar-refractivity contribution in [2.75, 3.05) is 30.8 Å². The van der Waals surface area contributed by atoms with Crippen molar-refractivity contribution in [3.63, 3.8) is 0 Å². The molecule has 1 fully saturated rings. The smallest absolute Gasteiger partial charge is 0.321 e. The molecular formula is C21H26N2O4S. The summed E-state index contributed by atoms with van der Waals surface area (Å²) >= 11 is 0. The van der Waals surface area contributed by atoms with Crippen LogP contribution in [0.3, 0.4) is 0 Å². The Balaban J connectivity index is 1.50. The van der Waals surface area contributed by atoms with Crippen LogP contribution < -0.4 is 10.1 Å². The molecule has 0 bridgehead atoms. The van der Waals surface area contributed by atoms with Gasteiger partial charge in [-0.3, -0.25) is 0 Å². The third-order valence-corrected chi connectivity index (χ3v) is 6.69. The number of ether oxygens (including phenoxy) is 1. The molecule has 0 spiro atoms. The van der Waals surface area contributed by atoms with Crippen LogP contribution in [0.4, 0.5) is 10.5 Å². The molecule has 2 aromatic carbocycles. The highest BCUT2D eigenvalue weighted by atomic mass is 32.2. The van der Waals surface area contributed by atoms with Crippen molar-refractivity contribution in [3.05, 3.63) is 54.6 Å². The first-order chi connectivity index (χ1) is 13.5. The van der Waals surface area contributed by atoms with Crippen LogP contribution in [0.2, 0.25) is 0 Å². The number of likely N-dealkylation sites (tertiary alicyclic amines) is 1. The lowest BCUT2D eigenvalue weighted by atomic mass is 9.98. The van der Waals surface area contributed by atoms with E-state index in [1.54, 1.807) is 30.0 Å². The fraction of sp³-hybridized carbons (Fsp3) is 0.381. The maximum Gasteiger partial charge on any atom is 0.321 e. The largest absolute Gasteiger partial charge is 0.493 e. The number of nitrogens with zero attached hydrogens (tertiary/aromatic N) is 1. The Bertz CT molecular complexity index is 892. The lowest BCUT2D eigenvalue weighted by Crippen LogP contribution is -2.42. The van der Waals surface area contributed by atoms with E-state index in [4.69, 9.17) is 4.74 Å². The monoisotopic (exact) mass is 402 g/mol. The van der Waals surface area contributed by atoms with Crippen molar-refractivity contribution in [1.29, 1.82) is 0 Å². The number of para-hydroxylation sites is 1. The molecule has 6 nitrogen and oxygen atoms in total. The van der Waals surface area contributed by atoms with Gasteiger partial charge in [-0.15, -0.1) is 0 Å². The van der Waals surface area contributed by atoms with Crippen LogP contribution >= 0.6 is 0 Å². The van der Waals surface area contributed by atoms with Gasteiger partial charge in [0.2, 0.25) is 0 Å². The van der Waals surface area contributed by atoms with E-state index in [0.717, 1.165) is 18.6 Å². The summed E-state index contributed by atoms with van der Waals surface area (Å²) in [6, 6.07) is 15.9. The van der Waals surface area contributed by atoms with E-state index >= 15 is 0 Å². The van der Waals surface area contributed by atoms with E-state index in [2.05, 4.69) is 5.32 Å². The molecule has 0 aromatic heterocycles. The first-order valence-corrected chi connectivity index (χ1v) is 11.2. The van der Waals surface area contributed by atoms with E-state index in [1.807, 2.05) is 30.3 Å². The molecule has 2 aromatic rings. The molecule has 150 valence electrons. The maximum absolute atomic E-state index is 12.5. The second kappa shape index (κ2) is 9.10.